The first kappa shape index (κ1) is 37.9. The maximum absolute atomic E-state index is 9.27. The van der Waals surface area contributed by atoms with Gasteiger partial charge < -0.3 is 18.9 Å². The fourth-order valence-corrected chi connectivity index (χ4v) is 15.3. The van der Waals surface area contributed by atoms with Crippen molar-refractivity contribution in [2.75, 3.05) is 9.80 Å². The van der Waals surface area contributed by atoms with E-state index >= 15 is 0 Å². The summed E-state index contributed by atoms with van der Waals surface area (Å²) in [7, 11) is 0. The molecule has 0 radical (unpaired) electrons. The minimum atomic E-state index is -0.587. The molecule has 0 fully saturated rings. The van der Waals surface area contributed by atoms with Gasteiger partial charge in [0.15, 0.2) is 0 Å². The van der Waals surface area contributed by atoms with Crippen LogP contribution < -0.4 is 9.80 Å². The molecule has 3 aromatic heterocycles. The normalized spacial score (nSPS) is 15.1. The Balaban J connectivity index is 0.835. The van der Waals surface area contributed by atoms with E-state index in [1.807, 2.05) is 109 Å². The number of para-hydroxylation sites is 3. The molecule has 0 aliphatic carbocycles. The summed E-state index contributed by atoms with van der Waals surface area (Å²) in [6.45, 7) is 0. The molecule has 19 rings (SSSR count). The van der Waals surface area contributed by atoms with E-state index in [1.54, 1.807) is 47.7 Å². The standard InChI is InChI=1S/C90H58N4S/c1-6-24-59(25-7-1)69-37-22-38-70(60-26-8-2-9-27-60)89(69)63-44-49-81-76(54-63)73-34-16-19-41-79(73)92(81)67-46-51-83-85(57-67)91(65-32-14-5-15-33-65)86-58-68(47-52-84(86)94(83)66-48-53-88-78(56-66)75-36-18-21-43-87(75)95-88)93-80-42-20-17-35-74(80)77-55-64(45-50-82(77)93)90-71(61-28-10-3-11-29-61)39-23-40-72(90)62-30-12-4-13-31-62/h1-58H/i1D,2D,3D,4D,6D,7D,8D,9D,10D,11D,12D,13D,24D,25D,26D,27D,28D,29D,30D,31D. The van der Waals surface area contributed by atoms with E-state index in [0.717, 1.165) is 109 Å². The number of rotatable bonds is 10. The molecule has 0 saturated heterocycles. The molecule has 5 heteroatoms. The molecular formula is C90H58N4S. The first-order chi connectivity index (χ1) is 55.4. The monoisotopic (exact) mass is 1250 g/mol. The first-order valence-electron chi connectivity index (χ1n) is 40.9. The fraction of sp³-hybridized carbons (Fsp3) is 0. The van der Waals surface area contributed by atoms with Gasteiger partial charge in [-0.2, -0.15) is 0 Å². The fourth-order valence-electron chi connectivity index (χ4n) is 14.2. The van der Waals surface area contributed by atoms with Crippen LogP contribution in [0.4, 0.5) is 34.1 Å². The van der Waals surface area contributed by atoms with E-state index in [2.05, 4.69) is 104 Å². The Morgan fingerprint density at radius 3 is 1.09 bits per heavy atom. The van der Waals surface area contributed by atoms with Crippen LogP contribution in [-0.4, -0.2) is 9.13 Å². The van der Waals surface area contributed by atoms with Crippen molar-refractivity contribution in [2.45, 2.75) is 0 Å². The third-order valence-electron chi connectivity index (χ3n) is 18.2. The van der Waals surface area contributed by atoms with Crippen LogP contribution in [0, 0.1) is 0 Å². The molecule has 95 heavy (non-hydrogen) atoms. The summed E-state index contributed by atoms with van der Waals surface area (Å²) in [5.41, 5.74) is 11.4. The lowest BCUT2D eigenvalue weighted by atomic mass is 9.87. The first-order valence-corrected chi connectivity index (χ1v) is 31.7. The molecule has 0 atom stereocenters. The summed E-state index contributed by atoms with van der Waals surface area (Å²) in [5.74, 6) is 0. The molecule has 0 unspecified atom stereocenters. The Morgan fingerprint density at radius 2 is 0.621 bits per heavy atom. The highest BCUT2D eigenvalue weighted by atomic mass is 32.1. The van der Waals surface area contributed by atoms with Crippen LogP contribution >= 0.6 is 11.3 Å². The Morgan fingerprint density at radius 1 is 0.232 bits per heavy atom. The van der Waals surface area contributed by atoms with Crippen molar-refractivity contribution in [2.24, 2.45) is 0 Å². The summed E-state index contributed by atoms with van der Waals surface area (Å²) in [5, 5.41) is 5.33. The second kappa shape index (κ2) is 22.2. The molecule has 4 nitrogen and oxygen atoms in total. The number of hydrogen-bond acceptors (Lipinski definition) is 3. The minimum Gasteiger partial charge on any atom is -0.309 e. The number of aromatic nitrogens is 2. The zero-order valence-corrected chi connectivity index (χ0v) is 51.0. The highest BCUT2D eigenvalue weighted by Gasteiger charge is 2.33. The average molecular weight is 1250 g/mol. The summed E-state index contributed by atoms with van der Waals surface area (Å²) in [6.07, 6.45) is 0. The van der Waals surface area contributed by atoms with Gasteiger partial charge in [0, 0.05) is 64.5 Å². The second-order valence-corrected chi connectivity index (χ2v) is 24.3. The lowest BCUT2D eigenvalue weighted by molar-refractivity contribution is 1.12. The van der Waals surface area contributed by atoms with Crippen LogP contribution in [0.25, 0.3) is 142 Å². The van der Waals surface area contributed by atoms with Crippen LogP contribution in [0.3, 0.4) is 0 Å². The van der Waals surface area contributed by atoms with Crippen LogP contribution in [0.5, 0.6) is 0 Å². The van der Waals surface area contributed by atoms with Crippen molar-refractivity contribution < 1.29 is 27.4 Å². The molecule has 444 valence electrons. The van der Waals surface area contributed by atoms with Gasteiger partial charge in [-0.1, -0.05) is 242 Å². The highest BCUT2D eigenvalue weighted by Crippen LogP contribution is 2.57. The van der Waals surface area contributed by atoms with E-state index < -0.39 is 121 Å². The zero-order valence-electron chi connectivity index (χ0n) is 70.1. The molecule has 1 aliphatic rings. The van der Waals surface area contributed by atoms with Crippen molar-refractivity contribution in [1.29, 1.82) is 0 Å². The number of benzene rings is 15. The second-order valence-electron chi connectivity index (χ2n) is 23.3. The van der Waals surface area contributed by atoms with Crippen LogP contribution in [0.1, 0.15) is 27.4 Å². The van der Waals surface area contributed by atoms with Crippen molar-refractivity contribution in [3.05, 3.63) is 351 Å². The van der Waals surface area contributed by atoms with E-state index in [9.17, 15) is 11.0 Å². The van der Waals surface area contributed by atoms with Crippen LogP contribution in [-0.2, 0) is 0 Å². The summed E-state index contributed by atoms with van der Waals surface area (Å²) < 4.78 is 185. The Kier molecular flexibility index (Phi) is 8.88. The Bertz CT molecular complexity index is 6690. The number of thiophene rings is 1. The van der Waals surface area contributed by atoms with Crippen molar-refractivity contribution in [3.8, 4) is 78.1 Å². The maximum Gasteiger partial charge on any atom is 0.0724 e. The minimum absolute atomic E-state index is 0.129. The highest BCUT2D eigenvalue weighted by molar-refractivity contribution is 7.25. The molecule has 18 aromatic rings. The van der Waals surface area contributed by atoms with E-state index in [-0.39, 0.29) is 55.6 Å². The smallest absolute Gasteiger partial charge is 0.0724 e. The third kappa shape index (κ3) is 8.89. The molecule has 0 N–H and O–H groups in total. The summed E-state index contributed by atoms with van der Waals surface area (Å²) in [4.78, 5) is 4.55. The molecule has 4 heterocycles. The van der Waals surface area contributed by atoms with E-state index in [1.165, 1.54) is 0 Å². The van der Waals surface area contributed by atoms with Gasteiger partial charge in [0.25, 0.3) is 0 Å². The van der Waals surface area contributed by atoms with Gasteiger partial charge in [0.1, 0.15) is 0 Å². The van der Waals surface area contributed by atoms with Crippen molar-refractivity contribution in [1.82, 2.24) is 9.13 Å². The quantitative estimate of drug-likeness (QED) is 0.136. The molecular weight excluding hydrogens is 1170 g/mol. The van der Waals surface area contributed by atoms with Gasteiger partial charge >= 0.3 is 0 Å². The number of hydrogen-bond donors (Lipinski definition) is 0. The molecule has 0 spiro atoms. The van der Waals surface area contributed by atoms with Crippen molar-refractivity contribution in [3.63, 3.8) is 0 Å². The lowest BCUT2D eigenvalue weighted by Crippen LogP contribution is -2.24. The van der Waals surface area contributed by atoms with Gasteiger partial charge in [0.05, 0.1) is 72.2 Å². The maximum atomic E-state index is 9.27. The third-order valence-corrected chi connectivity index (χ3v) is 19.3. The number of anilines is 6. The van der Waals surface area contributed by atoms with E-state index in [0.29, 0.717) is 11.1 Å². The molecule has 0 saturated carbocycles. The van der Waals surface area contributed by atoms with Crippen LogP contribution in [0.2, 0.25) is 0 Å². The lowest BCUT2D eigenvalue weighted by Gasteiger charge is -2.41. The van der Waals surface area contributed by atoms with Gasteiger partial charge in [-0.05, 0) is 176 Å². The van der Waals surface area contributed by atoms with Gasteiger partial charge in [-0.25, -0.2) is 0 Å². The predicted octanol–water partition coefficient (Wildman–Crippen LogP) is 25.5. The summed E-state index contributed by atoms with van der Waals surface area (Å²) in [6, 6.07) is 64.2. The van der Waals surface area contributed by atoms with Crippen molar-refractivity contribution >= 4 is 109 Å². The molecule has 0 bridgehead atoms. The molecule has 15 aromatic carbocycles. The van der Waals surface area contributed by atoms with Gasteiger partial charge in [-0.15, -0.1) is 11.3 Å². The number of nitrogens with zero attached hydrogens (tertiary/aromatic N) is 4. The van der Waals surface area contributed by atoms with Crippen LogP contribution in [0.15, 0.2) is 351 Å². The average Bonchev–Trinajstić information content (AvgIpc) is 1.68. The number of fused-ring (bicyclic) bond motifs is 11. The predicted molar refractivity (Wildman–Crippen MR) is 404 cm³/mol. The van der Waals surface area contributed by atoms with Gasteiger partial charge in [-0.3, -0.25) is 0 Å². The Hall–Kier alpha value is -12.3. The Labute approximate surface area is 582 Å². The SMILES string of the molecule is [2H]c1c([2H])c([2H])c(-c2cccc(-c3c([2H])c([2H])c([2H])c([2H])c3[2H])c2-c2ccc3c(c2)c2ccccc2n3-c2ccc3c(c2)N(c2ccccc2)c2cc(-n4c5ccccc5c5cc(-c6c(-c7c([2H])c([2H])c([2H])c([2H])c7[2H])cccc6-c6c([2H])c([2H])c([2H])c([2H])c6[2H])ccc54)ccc2N3c2ccc3sc4ccccc4c3c2)c([2H])c1[2H]. The summed E-state index contributed by atoms with van der Waals surface area (Å²) >= 11 is 1.73. The van der Waals surface area contributed by atoms with Gasteiger partial charge in [0.2, 0.25) is 0 Å². The van der Waals surface area contributed by atoms with E-state index in [4.69, 9.17) is 16.4 Å². The topological polar surface area (TPSA) is 16.3 Å². The zero-order chi connectivity index (χ0) is 79.9. The molecule has 1 aliphatic heterocycles. The molecule has 0 amide bonds. The largest absolute Gasteiger partial charge is 0.309 e.